The van der Waals surface area contributed by atoms with Gasteiger partial charge in [0.15, 0.2) is 10.3 Å². The number of ether oxygens (including phenoxy) is 1. The highest BCUT2D eigenvalue weighted by molar-refractivity contribution is 7.99. The van der Waals surface area contributed by atoms with Gasteiger partial charge in [0.2, 0.25) is 5.91 Å². The van der Waals surface area contributed by atoms with Gasteiger partial charge in [0, 0.05) is 10.3 Å². The Bertz CT molecular complexity index is 1090. The van der Waals surface area contributed by atoms with E-state index in [1.165, 1.54) is 46.4 Å². The van der Waals surface area contributed by atoms with Crippen LogP contribution in [0.15, 0.2) is 10.5 Å². The van der Waals surface area contributed by atoms with E-state index in [1.54, 1.807) is 23.6 Å². The van der Waals surface area contributed by atoms with Gasteiger partial charge in [-0.1, -0.05) is 11.8 Å². The summed E-state index contributed by atoms with van der Waals surface area (Å²) >= 11 is 4.20. The average molecular weight is 464 g/mol. The molecule has 0 spiro atoms. The summed E-state index contributed by atoms with van der Waals surface area (Å²) < 4.78 is 4.90. The molecular weight excluding hydrogens is 442 g/mol. The van der Waals surface area contributed by atoms with Crippen LogP contribution >= 0.6 is 34.4 Å². The molecule has 3 N–H and O–H groups in total. The van der Waals surface area contributed by atoms with Crippen molar-refractivity contribution in [2.45, 2.75) is 44.2 Å². The number of nitrogens with two attached hydrogens (primary N) is 1. The molecule has 3 heterocycles. The van der Waals surface area contributed by atoms with Crippen molar-refractivity contribution in [1.29, 1.82) is 0 Å². The molecule has 1 aliphatic rings. The maximum absolute atomic E-state index is 12.3. The number of anilines is 2. The van der Waals surface area contributed by atoms with Crippen molar-refractivity contribution in [3.05, 3.63) is 21.5 Å². The third kappa shape index (κ3) is 4.73. The fraction of sp³-hybridized carbons (Fsp3) is 0.421. The van der Waals surface area contributed by atoms with Crippen LogP contribution in [0.3, 0.4) is 0 Å². The van der Waals surface area contributed by atoms with Crippen molar-refractivity contribution in [3.8, 4) is 0 Å². The minimum absolute atomic E-state index is 0.0902. The maximum atomic E-state index is 12.3. The Kier molecular flexibility index (Phi) is 6.49. The number of thiophene rings is 1. The third-order valence-corrected chi connectivity index (χ3v) is 7.42. The second kappa shape index (κ2) is 9.27. The van der Waals surface area contributed by atoms with Gasteiger partial charge in [0.25, 0.3) is 0 Å². The highest BCUT2D eigenvalue weighted by Gasteiger charge is 2.20. The molecule has 11 heteroatoms. The molecular formula is C19H21N5O3S3. The summed E-state index contributed by atoms with van der Waals surface area (Å²) in [5, 5.41) is 6.40. The van der Waals surface area contributed by atoms with Crippen LogP contribution in [0.1, 0.15) is 35.9 Å². The molecule has 0 saturated heterocycles. The van der Waals surface area contributed by atoms with Crippen LogP contribution < -0.4 is 11.1 Å². The van der Waals surface area contributed by atoms with Crippen molar-refractivity contribution in [3.63, 3.8) is 0 Å². The van der Waals surface area contributed by atoms with Crippen LogP contribution in [0.5, 0.6) is 0 Å². The molecule has 1 amide bonds. The molecule has 4 rings (SSSR count). The van der Waals surface area contributed by atoms with Gasteiger partial charge in [-0.3, -0.25) is 9.59 Å². The molecule has 0 fully saturated rings. The summed E-state index contributed by atoms with van der Waals surface area (Å²) in [5.41, 5.74) is 8.09. The molecule has 0 unspecified atom stereocenters. The highest BCUT2D eigenvalue weighted by Crippen LogP contribution is 2.38. The summed E-state index contributed by atoms with van der Waals surface area (Å²) in [6.45, 7) is 2.08. The lowest BCUT2D eigenvalue weighted by molar-refractivity contribution is -0.142. The minimum Gasteiger partial charge on any atom is -0.466 e. The number of carbonyl (C=O) groups excluding carboxylic acids is 2. The number of esters is 1. The largest absolute Gasteiger partial charge is 0.466 e. The van der Waals surface area contributed by atoms with E-state index >= 15 is 0 Å². The van der Waals surface area contributed by atoms with Crippen LogP contribution in [0.4, 0.5) is 10.9 Å². The molecule has 0 aromatic carbocycles. The minimum atomic E-state index is -0.336. The molecule has 8 nitrogen and oxygen atoms in total. The quantitative estimate of drug-likeness (QED) is 0.311. The Balaban J connectivity index is 1.36. The number of carbonyl (C=O) groups is 2. The lowest BCUT2D eigenvalue weighted by atomic mass is 9.97. The zero-order valence-electron chi connectivity index (χ0n) is 16.4. The normalized spacial score (nSPS) is 13.2. The lowest BCUT2D eigenvalue weighted by Crippen LogP contribution is -2.14. The van der Waals surface area contributed by atoms with E-state index in [9.17, 15) is 9.59 Å². The Hall–Kier alpha value is -2.24. The van der Waals surface area contributed by atoms with Crippen LogP contribution in [0, 0.1) is 0 Å². The smallest absolute Gasteiger partial charge is 0.311 e. The number of rotatable bonds is 7. The number of hydrogen-bond donors (Lipinski definition) is 2. The van der Waals surface area contributed by atoms with Gasteiger partial charge >= 0.3 is 5.97 Å². The van der Waals surface area contributed by atoms with Crippen LogP contribution in [-0.4, -0.2) is 39.2 Å². The number of thiazole rings is 1. The van der Waals surface area contributed by atoms with Crippen molar-refractivity contribution in [2.24, 2.45) is 0 Å². The van der Waals surface area contributed by atoms with E-state index in [2.05, 4.69) is 20.3 Å². The topological polar surface area (TPSA) is 120 Å². The van der Waals surface area contributed by atoms with Gasteiger partial charge in [-0.25, -0.2) is 15.0 Å². The number of hydrogen-bond acceptors (Lipinski definition) is 10. The van der Waals surface area contributed by atoms with Crippen LogP contribution in [0.2, 0.25) is 0 Å². The van der Waals surface area contributed by atoms with Gasteiger partial charge in [-0.05, 0) is 38.2 Å². The van der Waals surface area contributed by atoms with E-state index in [0.717, 1.165) is 23.1 Å². The van der Waals surface area contributed by atoms with Gasteiger partial charge in [-0.15, -0.1) is 22.7 Å². The van der Waals surface area contributed by atoms with Crippen LogP contribution in [-0.2, 0) is 33.6 Å². The second-order valence-corrected chi connectivity index (χ2v) is 9.63. The molecule has 0 bridgehead atoms. The summed E-state index contributed by atoms with van der Waals surface area (Å²) in [7, 11) is 0. The standard InChI is InChI=1S/C19H21N5O3S3/c1-2-27-14(26)7-10-8-28-18(21-10)22-13(25)9-29-19-23-16(20)15-11-5-3-4-6-12(11)30-17(15)24-19/h8H,2-7,9H2,1H3,(H2,20,23,24)(H,21,22,25). The monoisotopic (exact) mass is 463 g/mol. The lowest BCUT2D eigenvalue weighted by Gasteiger charge is -2.10. The molecule has 0 radical (unpaired) electrons. The molecule has 3 aromatic rings. The first-order valence-corrected chi connectivity index (χ1v) is 12.3. The summed E-state index contributed by atoms with van der Waals surface area (Å²) in [6.07, 6.45) is 4.57. The predicted molar refractivity (Wildman–Crippen MR) is 120 cm³/mol. The molecule has 0 saturated carbocycles. The first kappa shape index (κ1) is 21.0. The van der Waals surface area contributed by atoms with Gasteiger partial charge in [0.1, 0.15) is 10.6 Å². The van der Waals surface area contributed by atoms with Crippen molar-refractivity contribution >= 4 is 67.5 Å². The average Bonchev–Trinajstić information content (AvgIpc) is 3.30. The van der Waals surface area contributed by atoms with E-state index in [0.29, 0.717) is 28.4 Å². The number of nitrogens with one attached hydrogen (secondary N) is 1. The Morgan fingerprint density at radius 1 is 1.27 bits per heavy atom. The Labute approximate surface area is 185 Å². The molecule has 0 aliphatic heterocycles. The SMILES string of the molecule is CCOC(=O)Cc1csc(NC(=O)CSc2nc(N)c3c4c(sc3n2)CCCC4)n1. The summed E-state index contributed by atoms with van der Waals surface area (Å²) in [4.78, 5) is 39.3. The zero-order chi connectivity index (χ0) is 21.1. The van der Waals surface area contributed by atoms with Gasteiger partial charge in [0.05, 0.1) is 29.9 Å². The van der Waals surface area contributed by atoms with Crippen molar-refractivity contribution in [2.75, 3.05) is 23.4 Å². The summed E-state index contributed by atoms with van der Waals surface area (Å²) in [5.74, 6) is 0.0789. The van der Waals surface area contributed by atoms with Crippen LogP contribution in [0.25, 0.3) is 10.2 Å². The second-order valence-electron chi connectivity index (χ2n) is 6.75. The van der Waals surface area contributed by atoms with E-state index in [4.69, 9.17) is 10.5 Å². The van der Waals surface area contributed by atoms with Crippen molar-refractivity contribution < 1.29 is 14.3 Å². The molecule has 158 valence electrons. The third-order valence-electron chi connectivity index (χ3n) is 4.58. The van der Waals surface area contributed by atoms with Gasteiger partial charge < -0.3 is 15.8 Å². The summed E-state index contributed by atoms with van der Waals surface area (Å²) in [6, 6.07) is 0. The number of aromatic nitrogens is 3. The van der Waals surface area contributed by atoms with E-state index in [-0.39, 0.29) is 24.1 Å². The predicted octanol–water partition coefficient (Wildman–Crippen LogP) is 3.45. The molecule has 3 aromatic heterocycles. The highest BCUT2D eigenvalue weighted by atomic mass is 32.2. The number of fused-ring (bicyclic) bond motifs is 3. The first-order chi connectivity index (χ1) is 14.5. The number of nitrogen functional groups attached to an aromatic ring is 1. The zero-order valence-corrected chi connectivity index (χ0v) is 18.8. The number of aryl methyl sites for hydroxylation is 2. The molecule has 1 aliphatic carbocycles. The van der Waals surface area contributed by atoms with Crippen molar-refractivity contribution in [1.82, 2.24) is 15.0 Å². The Morgan fingerprint density at radius 2 is 2.10 bits per heavy atom. The van der Waals surface area contributed by atoms with E-state index in [1.807, 2.05) is 0 Å². The number of thioether (sulfide) groups is 1. The Morgan fingerprint density at radius 3 is 2.93 bits per heavy atom. The van der Waals surface area contributed by atoms with E-state index < -0.39 is 0 Å². The fourth-order valence-corrected chi connectivity index (χ4v) is 6.03. The first-order valence-electron chi connectivity index (χ1n) is 9.64. The molecule has 30 heavy (non-hydrogen) atoms. The molecule has 0 atom stereocenters. The van der Waals surface area contributed by atoms with Gasteiger partial charge in [-0.2, -0.15) is 0 Å². The fourth-order valence-electron chi connectivity index (χ4n) is 3.32. The maximum Gasteiger partial charge on any atom is 0.311 e. The number of amides is 1. The number of nitrogens with zero attached hydrogens (tertiary/aromatic N) is 3.